The van der Waals surface area contributed by atoms with Crippen LogP contribution in [0.3, 0.4) is 0 Å². The van der Waals surface area contributed by atoms with Crippen molar-refractivity contribution in [2.45, 2.75) is 23.6 Å². The summed E-state index contributed by atoms with van der Waals surface area (Å²) in [6, 6.07) is 14.5. The normalized spacial score (nSPS) is 12.5. The monoisotopic (exact) mass is 370 g/mol. The number of sulfone groups is 1. The molecule has 1 N–H and O–H groups in total. The molecule has 1 atom stereocenters. The van der Waals surface area contributed by atoms with E-state index < -0.39 is 15.7 Å². The van der Waals surface area contributed by atoms with E-state index in [2.05, 4.69) is 10.3 Å². The van der Waals surface area contributed by atoms with Gasteiger partial charge in [0, 0.05) is 12.4 Å². The third kappa shape index (κ3) is 4.18. The number of hydrogen-bond donors (Lipinski definition) is 1. The molecule has 0 saturated heterocycles. The van der Waals surface area contributed by atoms with Crippen molar-refractivity contribution >= 4 is 15.7 Å². The van der Waals surface area contributed by atoms with Crippen molar-refractivity contribution in [1.82, 2.24) is 10.3 Å². The molecule has 0 radical (unpaired) electrons. The number of rotatable bonds is 6. The van der Waals surface area contributed by atoms with Crippen LogP contribution >= 0.6 is 0 Å². The summed E-state index contributed by atoms with van der Waals surface area (Å²) in [7, 11) is -3.52. The van der Waals surface area contributed by atoms with E-state index in [9.17, 15) is 13.2 Å². The fourth-order valence-corrected chi connectivity index (χ4v) is 3.75. The summed E-state index contributed by atoms with van der Waals surface area (Å²) >= 11 is 0. The van der Waals surface area contributed by atoms with Crippen LogP contribution < -0.4 is 5.32 Å². The lowest BCUT2D eigenvalue weighted by Crippen LogP contribution is -2.26. The molecule has 7 heteroatoms. The number of carbonyl (C=O) groups excluding carboxylic acids is 1. The van der Waals surface area contributed by atoms with Crippen LogP contribution in [0.25, 0.3) is 0 Å². The second-order valence-electron chi connectivity index (χ2n) is 5.81. The number of hydrogen-bond acceptors (Lipinski definition) is 5. The summed E-state index contributed by atoms with van der Waals surface area (Å²) in [5, 5.41) is 2.81. The Hall–Kier alpha value is -2.93. The summed E-state index contributed by atoms with van der Waals surface area (Å²) in [6.07, 6.45) is 3.30. The number of benzene rings is 1. The Labute approximate surface area is 151 Å². The zero-order chi connectivity index (χ0) is 18.6. The van der Waals surface area contributed by atoms with E-state index >= 15 is 0 Å². The maximum absolute atomic E-state index is 12.4. The van der Waals surface area contributed by atoms with Crippen LogP contribution in [0.4, 0.5) is 0 Å². The smallest absolute Gasteiger partial charge is 0.287 e. The average Bonchev–Trinajstić information content (AvgIpc) is 3.11. The Morgan fingerprint density at radius 1 is 1.08 bits per heavy atom. The molecular weight excluding hydrogens is 352 g/mol. The predicted molar refractivity (Wildman–Crippen MR) is 96.2 cm³/mol. The first-order chi connectivity index (χ1) is 12.5. The van der Waals surface area contributed by atoms with Crippen molar-refractivity contribution < 1.29 is 17.6 Å². The van der Waals surface area contributed by atoms with Gasteiger partial charge in [-0.1, -0.05) is 18.2 Å². The molecule has 3 rings (SSSR count). The minimum Gasteiger partial charge on any atom is -0.455 e. The van der Waals surface area contributed by atoms with Gasteiger partial charge in [0.25, 0.3) is 5.91 Å². The molecule has 1 amide bonds. The van der Waals surface area contributed by atoms with E-state index in [0.717, 1.165) is 5.56 Å². The van der Waals surface area contributed by atoms with E-state index in [4.69, 9.17) is 4.42 Å². The van der Waals surface area contributed by atoms with Crippen LogP contribution in [0.5, 0.6) is 0 Å². The first kappa shape index (κ1) is 17.9. The fraction of sp³-hybridized carbons (Fsp3) is 0.158. The van der Waals surface area contributed by atoms with Gasteiger partial charge < -0.3 is 9.73 Å². The molecule has 1 unspecified atom stereocenters. The third-order valence-corrected chi connectivity index (χ3v) is 5.53. The molecule has 1 aromatic carbocycles. The average molecular weight is 370 g/mol. The lowest BCUT2D eigenvalue weighted by atomic mass is 10.1. The minimum atomic E-state index is -3.52. The molecule has 26 heavy (non-hydrogen) atoms. The Kier molecular flexibility index (Phi) is 5.18. The second kappa shape index (κ2) is 7.53. The SMILES string of the molecule is CC(NC(=O)c1ccc(CS(=O)(=O)c2ccccc2)o1)c1ccncc1. The Bertz CT molecular complexity index is 983. The quantitative estimate of drug-likeness (QED) is 0.720. The zero-order valence-corrected chi connectivity index (χ0v) is 14.9. The number of nitrogens with one attached hydrogen (secondary N) is 1. The van der Waals surface area contributed by atoms with Gasteiger partial charge in [0.1, 0.15) is 11.5 Å². The summed E-state index contributed by atoms with van der Waals surface area (Å²) in [6.45, 7) is 1.84. The van der Waals surface area contributed by atoms with Crippen LogP contribution in [0.15, 0.2) is 76.3 Å². The van der Waals surface area contributed by atoms with Gasteiger partial charge in [0.15, 0.2) is 15.6 Å². The van der Waals surface area contributed by atoms with Gasteiger partial charge in [0.05, 0.1) is 10.9 Å². The minimum absolute atomic E-state index is 0.0733. The first-order valence-corrected chi connectivity index (χ1v) is 9.68. The predicted octanol–water partition coefficient (Wildman–Crippen LogP) is 3.14. The Morgan fingerprint density at radius 3 is 2.46 bits per heavy atom. The standard InChI is InChI=1S/C19H18N2O4S/c1-14(15-9-11-20-12-10-15)21-19(22)18-8-7-16(25-18)13-26(23,24)17-5-3-2-4-6-17/h2-12,14H,13H2,1H3,(H,21,22). The number of pyridine rings is 1. The van der Waals surface area contributed by atoms with E-state index in [1.54, 1.807) is 30.6 Å². The van der Waals surface area contributed by atoms with Crippen LogP contribution in [0.2, 0.25) is 0 Å². The van der Waals surface area contributed by atoms with Crippen molar-refractivity contribution in [3.05, 3.63) is 84.1 Å². The van der Waals surface area contributed by atoms with Crippen LogP contribution in [-0.2, 0) is 15.6 Å². The molecule has 0 bridgehead atoms. The van der Waals surface area contributed by atoms with E-state index in [1.807, 2.05) is 19.1 Å². The van der Waals surface area contributed by atoms with E-state index in [1.165, 1.54) is 24.3 Å². The molecule has 0 aliphatic carbocycles. The van der Waals surface area contributed by atoms with Crippen molar-refractivity contribution in [2.24, 2.45) is 0 Å². The largest absolute Gasteiger partial charge is 0.455 e. The number of nitrogens with zero attached hydrogens (tertiary/aromatic N) is 1. The first-order valence-electron chi connectivity index (χ1n) is 8.03. The molecule has 2 aromatic heterocycles. The van der Waals surface area contributed by atoms with Gasteiger partial charge in [-0.3, -0.25) is 9.78 Å². The van der Waals surface area contributed by atoms with Crippen LogP contribution in [-0.4, -0.2) is 19.3 Å². The van der Waals surface area contributed by atoms with Gasteiger partial charge in [-0.15, -0.1) is 0 Å². The molecular formula is C19H18N2O4S. The third-order valence-electron chi connectivity index (χ3n) is 3.87. The molecule has 0 saturated carbocycles. The molecule has 0 spiro atoms. The van der Waals surface area contributed by atoms with Crippen molar-refractivity contribution in [1.29, 1.82) is 0 Å². The van der Waals surface area contributed by atoms with Gasteiger partial charge in [-0.25, -0.2) is 8.42 Å². The van der Waals surface area contributed by atoms with E-state index in [-0.39, 0.29) is 28.2 Å². The van der Waals surface area contributed by atoms with Crippen molar-refractivity contribution in [3.8, 4) is 0 Å². The van der Waals surface area contributed by atoms with Crippen molar-refractivity contribution in [2.75, 3.05) is 0 Å². The summed E-state index contributed by atoms with van der Waals surface area (Å²) < 4.78 is 30.2. The highest BCUT2D eigenvalue weighted by Crippen LogP contribution is 2.19. The zero-order valence-electron chi connectivity index (χ0n) is 14.1. The van der Waals surface area contributed by atoms with Crippen molar-refractivity contribution in [3.63, 3.8) is 0 Å². The molecule has 6 nitrogen and oxygen atoms in total. The maximum atomic E-state index is 12.4. The fourth-order valence-electron chi connectivity index (χ4n) is 2.48. The Morgan fingerprint density at radius 2 is 1.77 bits per heavy atom. The highest BCUT2D eigenvalue weighted by Gasteiger charge is 2.20. The maximum Gasteiger partial charge on any atom is 0.287 e. The van der Waals surface area contributed by atoms with Gasteiger partial charge >= 0.3 is 0 Å². The molecule has 2 heterocycles. The summed E-state index contributed by atoms with van der Waals surface area (Å²) in [4.78, 5) is 16.5. The number of furan rings is 1. The van der Waals surface area contributed by atoms with Gasteiger partial charge in [-0.05, 0) is 48.9 Å². The molecule has 0 aliphatic heterocycles. The van der Waals surface area contributed by atoms with Gasteiger partial charge in [-0.2, -0.15) is 0 Å². The number of aromatic nitrogens is 1. The highest BCUT2D eigenvalue weighted by atomic mass is 32.2. The number of amides is 1. The summed E-state index contributed by atoms with van der Waals surface area (Å²) in [5.74, 6) is -0.415. The van der Waals surface area contributed by atoms with Crippen LogP contribution in [0.1, 0.15) is 34.8 Å². The van der Waals surface area contributed by atoms with Crippen LogP contribution in [0, 0.1) is 0 Å². The topological polar surface area (TPSA) is 89.3 Å². The molecule has 134 valence electrons. The lowest BCUT2D eigenvalue weighted by molar-refractivity contribution is 0.0910. The van der Waals surface area contributed by atoms with E-state index in [0.29, 0.717) is 0 Å². The van der Waals surface area contributed by atoms with Gasteiger partial charge in [0.2, 0.25) is 0 Å². The molecule has 3 aromatic rings. The second-order valence-corrected chi connectivity index (χ2v) is 7.80. The Balaban J connectivity index is 1.69. The summed E-state index contributed by atoms with van der Waals surface area (Å²) in [5.41, 5.74) is 0.909. The lowest BCUT2D eigenvalue weighted by Gasteiger charge is -2.12. The number of carbonyl (C=O) groups is 1. The molecule has 0 aliphatic rings. The highest BCUT2D eigenvalue weighted by molar-refractivity contribution is 7.90. The molecule has 0 fully saturated rings.